The number of nitrogens with zero attached hydrogens (tertiary/aromatic N) is 3. The second-order valence-corrected chi connectivity index (χ2v) is 11.8. The number of aromatic nitrogens is 2. The van der Waals surface area contributed by atoms with E-state index in [2.05, 4.69) is 4.98 Å². The first-order valence-corrected chi connectivity index (χ1v) is 14.9. The molecule has 194 valence electrons. The zero-order chi connectivity index (χ0) is 26.6. The van der Waals surface area contributed by atoms with E-state index in [1.165, 1.54) is 18.2 Å². The van der Waals surface area contributed by atoms with Gasteiger partial charge in [0.05, 0.1) is 22.7 Å². The highest BCUT2D eigenvalue weighted by Gasteiger charge is 2.29. The molecule has 2 aromatic heterocycles. The number of pyridine rings is 1. The lowest BCUT2D eigenvalue weighted by molar-refractivity contribution is -0.141. The van der Waals surface area contributed by atoms with Crippen molar-refractivity contribution in [2.45, 2.75) is 29.6 Å². The molecule has 0 saturated carbocycles. The third-order valence-electron chi connectivity index (χ3n) is 5.62. The first-order valence-electron chi connectivity index (χ1n) is 11.5. The number of hydrogen-bond donors (Lipinski definition) is 0. The molecule has 0 aliphatic heterocycles. The molecule has 4 aromatic rings. The molecule has 0 unspecified atom stereocenters. The number of hydrogen-bond acceptors (Lipinski definition) is 6. The molecule has 4 rings (SSSR count). The smallest absolute Gasteiger partial charge is 0.326 e. The molecule has 0 aliphatic rings. The van der Waals surface area contributed by atoms with Gasteiger partial charge in [-0.05, 0) is 67.3 Å². The molecule has 0 fully saturated rings. The molecule has 0 saturated heterocycles. The van der Waals surface area contributed by atoms with Crippen LogP contribution in [-0.4, -0.2) is 43.3 Å². The van der Waals surface area contributed by atoms with Crippen LogP contribution < -0.4 is 4.31 Å². The van der Waals surface area contributed by atoms with E-state index in [-0.39, 0.29) is 21.5 Å². The van der Waals surface area contributed by atoms with Gasteiger partial charge in [0, 0.05) is 32.7 Å². The molecular weight excluding hydrogens is 553 g/mol. The molecule has 0 N–H and O–H groups in total. The first-order chi connectivity index (χ1) is 17.7. The lowest BCUT2D eigenvalue weighted by Crippen LogP contribution is -2.36. The fourth-order valence-electron chi connectivity index (χ4n) is 3.73. The molecule has 0 radical (unpaired) electrons. The van der Waals surface area contributed by atoms with E-state index < -0.39 is 22.5 Å². The first kappa shape index (κ1) is 27.3. The van der Waals surface area contributed by atoms with Crippen molar-refractivity contribution in [3.05, 3.63) is 77.0 Å². The Kier molecular flexibility index (Phi) is 8.69. The highest BCUT2D eigenvalue weighted by atomic mass is 35.5. The van der Waals surface area contributed by atoms with Crippen LogP contribution in [0.25, 0.3) is 16.7 Å². The van der Waals surface area contributed by atoms with Gasteiger partial charge in [0.2, 0.25) is 0 Å². The third kappa shape index (κ3) is 6.23. The van der Waals surface area contributed by atoms with Crippen molar-refractivity contribution in [1.29, 1.82) is 0 Å². The Morgan fingerprint density at radius 3 is 2.49 bits per heavy atom. The maximum Gasteiger partial charge on any atom is 0.326 e. The van der Waals surface area contributed by atoms with Crippen molar-refractivity contribution in [2.75, 3.05) is 23.7 Å². The van der Waals surface area contributed by atoms with Crippen molar-refractivity contribution in [2.24, 2.45) is 0 Å². The van der Waals surface area contributed by atoms with Crippen molar-refractivity contribution in [3.63, 3.8) is 0 Å². The molecule has 7 nitrogen and oxygen atoms in total. The van der Waals surface area contributed by atoms with Gasteiger partial charge in [-0.15, -0.1) is 11.8 Å². The number of anilines is 1. The number of carbonyl (C=O) groups excluding carboxylic acids is 1. The molecule has 0 atom stereocenters. The third-order valence-corrected chi connectivity index (χ3v) is 8.52. The molecule has 11 heteroatoms. The number of rotatable bonds is 10. The number of thioether (sulfide) groups is 1. The van der Waals surface area contributed by atoms with Gasteiger partial charge >= 0.3 is 5.97 Å². The number of fused-ring (bicyclic) bond motifs is 1. The summed E-state index contributed by atoms with van der Waals surface area (Å²) in [4.78, 5) is 18.1. The van der Waals surface area contributed by atoms with Gasteiger partial charge in [-0.1, -0.05) is 36.5 Å². The number of esters is 1. The summed E-state index contributed by atoms with van der Waals surface area (Å²) in [7, 11) is -4.20. The minimum absolute atomic E-state index is 0.123. The summed E-state index contributed by atoms with van der Waals surface area (Å²) in [6.07, 6.45) is 7.19. The van der Waals surface area contributed by atoms with Crippen LogP contribution in [0.5, 0.6) is 0 Å². The monoisotopic (exact) mass is 577 g/mol. The summed E-state index contributed by atoms with van der Waals surface area (Å²) in [5.41, 5.74) is 1.14. The Morgan fingerprint density at radius 2 is 1.84 bits per heavy atom. The molecule has 2 heterocycles. The molecular formula is C26H25Cl2N3O4S2. The Labute approximate surface area is 230 Å². The summed E-state index contributed by atoms with van der Waals surface area (Å²) >= 11 is 13.8. The fourth-order valence-corrected chi connectivity index (χ4v) is 6.22. The number of benzene rings is 2. The largest absolute Gasteiger partial charge is 0.464 e. The molecule has 0 aliphatic carbocycles. The van der Waals surface area contributed by atoms with Crippen molar-refractivity contribution in [1.82, 2.24) is 9.55 Å². The van der Waals surface area contributed by atoms with Crippen LogP contribution in [0.1, 0.15) is 19.8 Å². The predicted octanol–water partition coefficient (Wildman–Crippen LogP) is 6.59. The van der Waals surface area contributed by atoms with Crippen molar-refractivity contribution < 1.29 is 17.9 Å². The van der Waals surface area contributed by atoms with Gasteiger partial charge in [0.15, 0.2) is 0 Å². The van der Waals surface area contributed by atoms with Crippen LogP contribution in [0.2, 0.25) is 10.0 Å². The number of sulfonamides is 1. The summed E-state index contributed by atoms with van der Waals surface area (Å²) in [5, 5.41) is 1.12. The second-order valence-electron chi connectivity index (χ2n) is 8.18. The SMILES string of the molecule is CCCCOC(=O)CN(c1ccc2c(ccn2-c2ccc(SC)cn2)c1)S(=O)(=O)c1cc(Cl)cc(Cl)c1. The molecule has 0 spiro atoms. The van der Waals surface area contributed by atoms with E-state index in [1.54, 1.807) is 36.2 Å². The lowest BCUT2D eigenvalue weighted by Gasteiger charge is -2.24. The summed E-state index contributed by atoms with van der Waals surface area (Å²) in [6.45, 7) is 1.69. The lowest BCUT2D eigenvalue weighted by atomic mass is 10.2. The average Bonchev–Trinajstić information content (AvgIpc) is 3.30. The number of halogens is 2. The average molecular weight is 579 g/mol. The van der Waals surface area contributed by atoms with Gasteiger partial charge in [0.1, 0.15) is 12.4 Å². The topological polar surface area (TPSA) is 81.5 Å². The Morgan fingerprint density at radius 1 is 1.08 bits per heavy atom. The molecule has 0 bridgehead atoms. The predicted molar refractivity (Wildman–Crippen MR) is 150 cm³/mol. The highest BCUT2D eigenvalue weighted by molar-refractivity contribution is 7.98. The Bertz CT molecular complexity index is 1500. The van der Waals surface area contributed by atoms with Gasteiger partial charge < -0.3 is 9.30 Å². The zero-order valence-electron chi connectivity index (χ0n) is 20.2. The summed E-state index contributed by atoms with van der Waals surface area (Å²) in [6, 6.07) is 15.0. The van der Waals surface area contributed by atoms with Crippen LogP contribution in [-0.2, 0) is 19.6 Å². The van der Waals surface area contributed by atoms with E-state index in [9.17, 15) is 13.2 Å². The van der Waals surface area contributed by atoms with Crippen LogP contribution in [0.15, 0.2) is 76.8 Å². The molecule has 37 heavy (non-hydrogen) atoms. The number of ether oxygens (including phenoxy) is 1. The Hall–Kier alpha value is -2.72. The van der Waals surface area contributed by atoms with Crippen LogP contribution in [0.4, 0.5) is 5.69 Å². The minimum atomic E-state index is -4.20. The maximum atomic E-state index is 13.7. The quantitative estimate of drug-likeness (QED) is 0.120. The van der Waals surface area contributed by atoms with E-state index in [0.29, 0.717) is 12.1 Å². The fraction of sp³-hybridized carbons (Fsp3) is 0.231. The standard InChI is InChI=1S/C26H25Cl2N3O4S2/c1-3-4-11-35-26(32)17-31(37(33,34)23-14-19(27)13-20(28)15-23)21-5-7-24-18(12-21)9-10-30(24)25-8-6-22(36-2)16-29-25/h5-10,12-16H,3-4,11,17H2,1-2H3. The zero-order valence-corrected chi connectivity index (χ0v) is 23.4. The molecule has 2 aromatic carbocycles. The van der Waals surface area contributed by atoms with Gasteiger partial charge in [-0.2, -0.15) is 0 Å². The van der Waals surface area contributed by atoms with Crippen LogP contribution in [0, 0.1) is 0 Å². The van der Waals surface area contributed by atoms with Crippen LogP contribution in [0.3, 0.4) is 0 Å². The van der Waals surface area contributed by atoms with Crippen molar-refractivity contribution in [3.8, 4) is 5.82 Å². The number of unbranched alkanes of at least 4 members (excludes halogenated alkanes) is 1. The van der Waals surface area contributed by atoms with Gasteiger partial charge in [-0.25, -0.2) is 13.4 Å². The van der Waals surface area contributed by atoms with Crippen molar-refractivity contribution >= 4 is 67.5 Å². The Balaban J connectivity index is 1.74. The maximum absolute atomic E-state index is 13.7. The summed E-state index contributed by atoms with van der Waals surface area (Å²) in [5.74, 6) is 0.0824. The number of carbonyl (C=O) groups is 1. The minimum Gasteiger partial charge on any atom is -0.464 e. The van der Waals surface area contributed by atoms with E-state index >= 15 is 0 Å². The van der Waals surface area contributed by atoms with E-state index in [4.69, 9.17) is 27.9 Å². The van der Waals surface area contributed by atoms with E-state index in [1.807, 2.05) is 42.1 Å². The highest BCUT2D eigenvalue weighted by Crippen LogP contribution is 2.31. The summed E-state index contributed by atoms with van der Waals surface area (Å²) < 4.78 is 35.6. The van der Waals surface area contributed by atoms with Gasteiger partial charge in [0.25, 0.3) is 10.0 Å². The normalized spacial score (nSPS) is 11.6. The second kappa shape index (κ2) is 11.8. The van der Waals surface area contributed by atoms with Gasteiger partial charge in [-0.3, -0.25) is 9.10 Å². The molecule has 0 amide bonds. The van der Waals surface area contributed by atoms with E-state index in [0.717, 1.165) is 32.3 Å². The van der Waals surface area contributed by atoms with Crippen LogP contribution >= 0.6 is 35.0 Å².